The maximum atomic E-state index is 14.3. The Morgan fingerprint density at radius 3 is 2.36 bits per heavy atom. The van der Waals surface area contributed by atoms with E-state index in [9.17, 15) is 8.78 Å². The Labute approximate surface area is 126 Å². The molecule has 3 heterocycles. The summed E-state index contributed by atoms with van der Waals surface area (Å²) in [5, 5.41) is 0. The van der Waals surface area contributed by atoms with Crippen molar-refractivity contribution in [1.29, 1.82) is 0 Å². The predicted octanol–water partition coefficient (Wildman–Crippen LogP) is 3.22. The van der Waals surface area contributed by atoms with Gasteiger partial charge in [0.25, 0.3) is 0 Å². The average molecular weight is 298 g/mol. The lowest BCUT2D eigenvalue weighted by molar-refractivity contribution is -0.660. The van der Waals surface area contributed by atoms with Crippen LogP contribution >= 0.6 is 0 Å². The van der Waals surface area contributed by atoms with Gasteiger partial charge in [-0.05, 0) is 30.7 Å². The molecule has 0 amide bonds. The van der Waals surface area contributed by atoms with Crippen LogP contribution < -0.4 is 4.57 Å². The first kappa shape index (κ1) is 14.3. The Hall–Kier alpha value is -2.69. The molecule has 3 rings (SSSR count). The van der Waals surface area contributed by atoms with Gasteiger partial charge in [-0.1, -0.05) is 6.07 Å². The van der Waals surface area contributed by atoms with Crippen molar-refractivity contribution in [3.05, 3.63) is 66.3 Å². The Morgan fingerprint density at radius 1 is 0.955 bits per heavy atom. The standard InChI is InChI=1S/C17H14F2N3/c1-11-14(12-7-3-5-9-20-12)16(18)21-17(19)15(11)13-8-4-6-10-22(13)2/h3-10H,1-2H3/q+1. The Kier molecular flexibility index (Phi) is 3.63. The first-order valence-corrected chi connectivity index (χ1v) is 6.81. The summed E-state index contributed by atoms with van der Waals surface area (Å²) in [6.07, 6.45) is 3.37. The van der Waals surface area contributed by atoms with Crippen LogP contribution in [0.2, 0.25) is 0 Å². The van der Waals surface area contributed by atoms with Crippen LogP contribution in [0, 0.1) is 18.8 Å². The van der Waals surface area contributed by atoms with E-state index in [0.717, 1.165) is 0 Å². The zero-order valence-electron chi connectivity index (χ0n) is 12.2. The van der Waals surface area contributed by atoms with E-state index >= 15 is 0 Å². The largest absolute Gasteiger partial charge is 0.256 e. The van der Waals surface area contributed by atoms with Gasteiger partial charge in [-0.15, -0.1) is 0 Å². The van der Waals surface area contributed by atoms with Crippen LogP contribution in [0.4, 0.5) is 8.78 Å². The highest BCUT2D eigenvalue weighted by Gasteiger charge is 2.24. The molecule has 0 saturated heterocycles. The smallest absolute Gasteiger partial charge is 0.229 e. The van der Waals surface area contributed by atoms with Crippen molar-refractivity contribution in [1.82, 2.24) is 9.97 Å². The number of aromatic nitrogens is 3. The lowest BCUT2D eigenvalue weighted by Gasteiger charge is -2.11. The van der Waals surface area contributed by atoms with Crippen LogP contribution in [0.15, 0.2) is 48.8 Å². The van der Waals surface area contributed by atoms with Crippen molar-refractivity contribution in [2.24, 2.45) is 7.05 Å². The first-order chi connectivity index (χ1) is 10.6. The average Bonchev–Trinajstić information content (AvgIpc) is 2.50. The van der Waals surface area contributed by atoms with Crippen molar-refractivity contribution in [2.45, 2.75) is 6.92 Å². The van der Waals surface area contributed by atoms with Gasteiger partial charge in [-0.25, -0.2) is 4.57 Å². The zero-order chi connectivity index (χ0) is 15.7. The van der Waals surface area contributed by atoms with Crippen LogP contribution in [0.5, 0.6) is 0 Å². The summed E-state index contributed by atoms with van der Waals surface area (Å²) in [7, 11) is 1.80. The van der Waals surface area contributed by atoms with Crippen molar-refractivity contribution in [2.75, 3.05) is 0 Å². The van der Waals surface area contributed by atoms with E-state index in [1.54, 1.807) is 61.3 Å². The number of halogens is 2. The zero-order valence-corrected chi connectivity index (χ0v) is 12.2. The lowest BCUT2D eigenvalue weighted by atomic mass is 9.99. The van der Waals surface area contributed by atoms with Gasteiger partial charge in [0.15, 0.2) is 6.20 Å². The number of aryl methyl sites for hydroxylation is 1. The van der Waals surface area contributed by atoms with Gasteiger partial charge in [-0.3, -0.25) is 4.98 Å². The van der Waals surface area contributed by atoms with E-state index in [0.29, 0.717) is 17.0 Å². The van der Waals surface area contributed by atoms with Crippen molar-refractivity contribution < 1.29 is 13.3 Å². The van der Waals surface area contributed by atoms with Crippen LogP contribution in [-0.4, -0.2) is 9.97 Å². The number of pyridine rings is 3. The summed E-state index contributed by atoms with van der Waals surface area (Å²) in [6, 6.07) is 10.6. The normalized spacial score (nSPS) is 10.7. The van der Waals surface area contributed by atoms with Crippen molar-refractivity contribution >= 4 is 0 Å². The van der Waals surface area contributed by atoms with E-state index in [-0.39, 0.29) is 11.1 Å². The molecule has 0 fully saturated rings. The maximum absolute atomic E-state index is 14.3. The summed E-state index contributed by atoms with van der Waals surface area (Å²) in [4.78, 5) is 7.59. The number of rotatable bonds is 2. The molecular formula is C17H14F2N3+. The molecule has 3 aromatic rings. The molecule has 0 aliphatic rings. The van der Waals surface area contributed by atoms with Crippen LogP contribution in [0.1, 0.15) is 5.56 Å². The summed E-state index contributed by atoms with van der Waals surface area (Å²) in [6.45, 7) is 1.68. The molecule has 0 aliphatic carbocycles. The molecule has 0 aliphatic heterocycles. The maximum Gasteiger partial charge on any atom is 0.229 e. The van der Waals surface area contributed by atoms with Gasteiger partial charge < -0.3 is 0 Å². The molecule has 0 bridgehead atoms. The predicted molar refractivity (Wildman–Crippen MR) is 78.7 cm³/mol. The third-order valence-corrected chi connectivity index (χ3v) is 3.59. The van der Waals surface area contributed by atoms with E-state index in [1.807, 2.05) is 6.07 Å². The Balaban J connectivity index is 2.32. The molecule has 0 atom stereocenters. The van der Waals surface area contributed by atoms with Crippen LogP contribution in [0.3, 0.4) is 0 Å². The van der Waals surface area contributed by atoms with Crippen molar-refractivity contribution in [3.8, 4) is 22.5 Å². The van der Waals surface area contributed by atoms with Gasteiger partial charge >= 0.3 is 0 Å². The molecule has 0 spiro atoms. The summed E-state index contributed by atoms with van der Waals surface area (Å²) >= 11 is 0. The van der Waals surface area contributed by atoms with Crippen molar-refractivity contribution in [3.63, 3.8) is 0 Å². The minimum atomic E-state index is -0.851. The number of hydrogen-bond donors (Lipinski definition) is 0. The second-order valence-electron chi connectivity index (χ2n) is 4.98. The molecule has 0 radical (unpaired) electrons. The second kappa shape index (κ2) is 5.60. The molecule has 5 heteroatoms. The Morgan fingerprint density at radius 2 is 1.68 bits per heavy atom. The van der Waals surface area contributed by atoms with Gasteiger partial charge in [0.2, 0.25) is 17.6 Å². The monoisotopic (exact) mass is 298 g/mol. The van der Waals surface area contributed by atoms with Gasteiger partial charge in [0.1, 0.15) is 12.6 Å². The molecule has 0 unspecified atom stereocenters. The first-order valence-electron chi connectivity index (χ1n) is 6.81. The summed E-state index contributed by atoms with van der Waals surface area (Å²) in [5.41, 5.74) is 2.04. The van der Waals surface area contributed by atoms with E-state index < -0.39 is 11.9 Å². The molecule has 22 heavy (non-hydrogen) atoms. The summed E-state index contributed by atoms with van der Waals surface area (Å²) in [5.74, 6) is -1.67. The highest BCUT2D eigenvalue weighted by Crippen LogP contribution is 2.32. The molecule has 3 nitrogen and oxygen atoms in total. The SMILES string of the molecule is Cc1c(-c2ccccn2)c(F)nc(F)c1-c1cccc[n+]1C. The minimum absolute atomic E-state index is 0.223. The molecule has 0 saturated carbocycles. The van der Waals surface area contributed by atoms with E-state index in [2.05, 4.69) is 9.97 Å². The molecule has 0 aromatic carbocycles. The number of hydrogen-bond acceptors (Lipinski definition) is 2. The third-order valence-electron chi connectivity index (χ3n) is 3.59. The van der Waals surface area contributed by atoms with Gasteiger partial charge in [0.05, 0.1) is 11.3 Å². The number of nitrogens with zero attached hydrogens (tertiary/aromatic N) is 3. The third kappa shape index (κ3) is 2.35. The topological polar surface area (TPSA) is 29.7 Å². The lowest BCUT2D eigenvalue weighted by Crippen LogP contribution is -2.30. The van der Waals surface area contributed by atoms with Crippen LogP contribution in [-0.2, 0) is 7.05 Å². The van der Waals surface area contributed by atoms with Crippen LogP contribution in [0.25, 0.3) is 22.5 Å². The van der Waals surface area contributed by atoms with E-state index in [1.165, 1.54) is 0 Å². The fourth-order valence-corrected chi connectivity index (χ4v) is 2.52. The molecule has 110 valence electrons. The van der Waals surface area contributed by atoms with Gasteiger partial charge in [0, 0.05) is 18.3 Å². The fourth-order valence-electron chi connectivity index (χ4n) is 2.52. The molecular weight excluding hydrogens is 284 g/mol. The summed E-state index contributed by atoms with van der Waals surface area (Å²) < 4.78 is 30.3. The minimum Gasteiger partial charge on any atom is -0.256 e. The fraction of sp³-hybridized carbons (Fsp3) is 0.118. The molecule has 0 N–H and O–H groups in total. The second-order valence-corrected chi connectivity index (χ2v) is 4.98. The Bertz CT molecular complexity index is 833. The molecule has 3 aromatic heterocycles. The van der Waals surface area contributed by atoms with Gasteiger partial charge in [-0.2, -0.15) is 13.8 Å². The van der Waals surface area contributed by atoms with E-state index in [4.69, 9.17) is 0 Å². The highest BCUT2D eigenvalue weighted by atomic mass is 19.1. The quantitative estimate of drug-likeness (QED) is 0.537. The highest BCUT2D eigenvalue weighted by molar-refractivity contribution is 5.73.